The van der Waals surface area contributed by atoms with E-state index in [0.717, 1.165) is 5.56 Å². The quantitative estimate of drug-likeness (QED) is 0.684. The Bertz CT molecular complexity index is 678. The zero-order valence-corrected chi connectivity index (χ0v) is 9.70. The fourth-order valence-corrected chi connectivity index (χ4v) is 1.91. The van der Waals surface area contributed by atoms with Gasteiger partial charge >= 0.3 is 0 Å². The molecule has 0 bridgehead atoms. The van der Waals surface area contributed by atoms with Crippen LogP contribution in [0.15, 0.2) is 36.4 Å². The molecule has 5 nitrogen and oxygen atoms in total. The second kappa shape index (κ2) is 3.73. The van der Waals surface area contributed by atoms with Crippen LogP contribution in [0.5, 0.6) is 11.5 Å². The molecule has 5 heteroatoms. The van der Waals surface area contributed by atoms with Crippen molar-refractivity contribution in [3.8, 4) is 17.2 Å². The van der Waals surface area contributed by atoms with Crippen molar-refractivity contribution in [2.75, 3.05) is 0 Å². The van der Waals surface area contributed by atoms with Gasteiger partial charge in [-0.15, -0.1) is 15.0 Å². The van der Waals surface area contributed by atoms with Gasteiger partial charge < -0.3 is 10.2 Å². The van der Waals surface area contributed by atoms with E-state index in [-0.39, 0.29) is 17.2 Å². The van der Waals surface area contributed by atoms with Gasteiger partial charge in [0.25, 0.3) is 0 Å². The lowest BCUT2D eigenvalue weighted by molar-refractivity contribution is 0.438. The summed E-state index contributed by atoms with van der Waals surface area (Å²) in [4.78, 5) is 1.24. The van der Waals surface area contributed by atoms with Crippen LogP contribution >= 0.6 is 0 Å². The molecule has 0 saturated heterocycles. The third-order valence-electron chi connectivity index (χ3n) is 2.70. The van der Waals surface area contributed by atoms with Crippen molar-refractivity contribution in [2.24, 2.45) is 0 Å². The van der Waals surface area contributed by atoms with Crippen molar-refractivity contribution in [3.63, 3.8) is 0 Å². The molecule has 90 valence electrons. The summed E-state index contributed by atoms with van der Waals surface area (Å²) < 4.78 is 0. The van der Waals surface area contributed by atoms with E-state index in [1.54, 1.807) is 19.1 Å². The molecule has 3 aromatic rings. The van der Waals surface area contributed by atoms with Gasteiger partial charge in [0.2, 0.25) is 0 Å². The molecule has 0 spiro atoms. The number of hydrogen-bond donors (Lipinski definition) is 2. The Morgan fingerprint density at radius 2 is 1.44 bits per heavy atom. The summed E-state index contributed by atoms with van der Waals surface area (Å²) in [6, 6.07) is 10.5. The van der Waals surface area contributed by atoms with E-state index >= 15 is 0 Å². The Morgan fingerprint density at radius 1 is 0.944 bits per heavy atom. The molecule has 0 radical (unpaired) electrons. The van der Waals surface area contributed by atoms with Gasteiger partial charge in [0.05, 0.1) is 0 Å². The zero-order chi connectivity index (χ0) is 12.7. The maximum absolute atomic E-state index is 9.89. The number of phenols is 2. The molecule has 1 heterocycles. The van der Waals surface area contributed by atoms with Crippen LogP contribution in [0.1, 0.15) is 5.56 Å². The van der Waals surface area contributed by atoms with E-state index < -0.39 is 0 Å². The molecule has 0 aliphatic rings. The SMILES string of the molecule is Cc1cc(O)c(-n2nc3ccccc3n2)c(O)c1. The lowest BCUT2D eigenvalue weighted by atomic mass is 10.2. The first-order valence-corrected chi connectivity index (χ1v) is 5.50. The molecular weight excluding hydrogens is 230 g/mol. The minimum absolute atomic E-state index is 0.0483. The molecular formula is C13H11N3O2. The average molecular weight is 241 g/mol. The first-order valence-electron chi connectivity index (χ1n) is 5.50. The average Bonchev–Trinajstić information content (AvgIpc) is 2.70. The Morgan fingerprint density at radius 3 is 1.94 bits per heavy atom. The number of aromatic hydroxyl groups is 2. The molecule has 2 N–H and O–H groups in total. The maximum Gasteiger partial charge on any atom is 0.169 e. The van der Waals surface area contributed by atoms with Crippen molar-refractivity contribution in [1.29, 1.82) is 0 Å². The maximum atomic E-state index is 9.89. The van der Waals surface area contributed by atoms with Crippen LogP contribution in [0.4, 0.5) is 0 Å². The predicted octanol–water partition coefficient (Wildman–Crippen LogP) is 2.14. The third kappa shape index (κ3) is 1.57. The zero-order valence-electron chi connectivity index (χ0n) is 9.70. The van der Waals surface area contributed by atoms with Crippen molar-refractivity contribution in [1.82, 2.24) is 15.0 Å². The van der Waals surface area contributed by atoms with Crippen LogP contribution < -0.4 is 0 Å². The van der Waals surface area contributed by atoms with Crippen molar-refractivity contribution in [2.45, 2.75) is 6.92 Å². The van der Waals surface area contributed by atoms with E-state index in [4.69, 9.17) is 0 Å². The summed E-state index contributed by atoms with van der Waals surface area (Å²) >= 11 is 0. The minimum atomic E-state index is -0.0483. The summed E-state index contributed by atoms with van der Waals surface area (Å²) in [6.45, 7) is 1.79. The Balaban J connectivity index is 2.26. The number of benzene rings is 2. The number of hydrogen-bond acceptors (Lipinski definition) is 4. The molecule has 0 saturated carbocycles. The van der Waals surface area contributed by atoms with Gasteiger partial charge in [-0.1, -0.05) is 12.1 Å². The lowest BCUT2D eigenvalue weighted by Gasteiger charge is -2.06. The largest absolute Gasteiger partial charge is 0.505 e. The predicted molar refractivity (Wildman–Crippen MR) is 66.9 cm³/mol. The Kier molecular flexibility index (Phi) is 2.19. The van der Waals surface area contributed by atoms with Gasteiger partial charge in [-0.3, -0.25) is 0 Å². The normalized spacial score (nSPS) is 10.9. The number of aryl methyl sites for hydroxylation is 1. The van der Waals surface area contributed by atoms with Crippen molar-refractivity contribution < 1.29 is 10.2 Å². The van der Waals surface area contributed by atoms with E-state index in [1.165, 1.54) is 4.80 Å². The highest BCUT2D eigenvalue weighted by molar-refractivity contribution is 5.74. The van der Waals surface area contributed by atoms with Crippen molar-refractivity contribution >= 4 is 11.0 Å². The Hall–Kier alpha value is -2.56. The molecule has 1 aromatic heterocycles. The summed E-state index contributed by atoms with van der Waals surface area (Å²) in [5.41, 5.74) is 2.37. The lowest BCUT2D eigenvalue weighted by Crippen LogP contribution is -1.99. The molecule has 18 heavy (non-hydrogen) atoms. The molecule has 0 aliphatic carbocycles. The van der Waals surface area contributed by atoms with E-state index in [9.17, 15) is 10.2 Å². The molecule has 0 amide bonds. The van der Waals surface area contributed by atoms with Crippen LogP contribution in [-0.4, -0.2) is 25.2 Å². The van der Waals surface area contributed by atoms with Crippen molar-refractivity contribution in [3.05, 3.63) is 42.0 Å². The fourth-order valence-electron chi connectivity index (χ4n) is 1.91. The summed E-state index contributed by atoms with van der Waals surface area (Å²) in [6.07, 6.45) is 0. The summed E-state index contributed by atoms with van der Waals surface area (Å²) in [5, 5.41) is 28.2. The molecule has 3 rings (SSSR count). The second-order valence-electron chi connectivity index (χ2n) is 4.13. The number of rotatable bonds is 1. The minimum Gasteiger partial charge on any atom is -0.505 e. The third-order valence-corrected chi connectivity index (χ3v) is 2.70. The highest BCUT2D eigenvalue weighted by Crippen LogP contribution is 2.31. The van der Waals surface area contributed by atoms with Gasteiger partial charge in [0.15, 0.2) is 5.69 Å². The Labute approximate surface area is 103 Å². The van der Waals surface area contributed by atoms with E-state index in [1.807, 2.05) is 24.3 Å². The summed E-state index contributed by atoms with van der Waals surface area (Å²) in [5.74, 6) is -0.0967. The molecule has 0 atom stereocenters. The van der Waals surface area contributed by atoms with Gasteiger partial charge in [0, 0.05) is 0 Å². The highest BCUT2D eigenvalue weighted by atomic mass is 16.3. The second-order valence-corrected chi connectivity index (χ2v) is 4.13. The van der Waals surface area contributed by atoms with Crippen LogP contribution in [0.2, 0.25) is 0 Å². The monoisotopic (exact) mass is 241 g/mol. The standard InChI is InChI=1S/C13H11N3O2/c1-8-6-11(17)13(12(18)7-8)16-14-9-4-2-3-5-10(9)15-16/h2-7,17-18H,1H3. The van der Waals surface area contributed by atoms with Gasteiger partial charge in [0.1, 0.15) is 22.5 Å². The summed E-state index contributed by atoms with van der Waals surface area (Å²) in [7, 11) is 0. The van der Waals surface area contributed by atoms with E-state index in [2.05, 4.69) is 10.2 Å². The number of fused-ring (bicyclic) bond motifs is 1. The van der Waals surface area contributed by atoms with Crippen LogP contribution in [0, 0.1) is 6.92 Å². The highest BCUT2D eigenvalue weighted by Gasteiger charge is 2.13. The van der Waals surface area contributed by atoms with Crippen LogP contribution in [0.3, 0.4) is 0 Å². The van der Waals surface area contributed by atoms with Gasteiger partial charge in [-0.2, -0.15) is 0 Å². The smallest absolute Gasteiger partial charge is 0.169 e. The van der Waals surface area contributed by atoms with E-state index in [0.29, 0.717) is 11.0 Å². The van der Waals surface area contributed by atoms with Crippen LogP contribution in [0.25, 0.3) is 16.7 Å². The molecule has 2 aromatic carbocycles. The van der Waals surface area contributed by atoms with Gasteiger partial charge in [-0.25, -0.2) is 0 Å². The first-order chi connectivity index (χ1) is 8.65. The molecule has 0 fully saturated rings. The fraction of sp³-hybridized carbons (Fsp3) is 0.0769. The van der Waals surface area contributed by atoms with Gasteiger partial charge in [-0.05, 0) is 36.8 Å². The molecule has 0 aliphatic heterocycles. The number of aromatic nitrogens is 3. The molecule has 0 unspecified atom stereocenters. The number of nitrogens with zero attached hydrogens (tertiary/aromatic N) is 3. The number of phenolic OH excluding ortho intramolecular Hbond substituents is 2. The first kappa shape index (κ1) is 10.6. The van der Waals surface area contributed by atoms with Crippen LogP contribution in [-0.2, 0) is 0 Å². The topological polar surface area (TPSA) is 71.2 Å².